The minimum atomic E-state index is -0.532. The number of aryl methyl sites for hydroxylation is 2. The van der Waals surface area contributed by atoms with Gasteiger partial charge in [0.2, 0.25) is 0 Å². The molecule has 1 aromatic carbocycles. The van der Waals surface area contributed by atoms with Crippen LogP contribution in [-0.4, -0.2) is 17.1 Å². The van der Waals surface area contributed by atoms with Crippen LogP contribution in [0.25, 0.3) is 0 Å². The SMILES string of the molecule is CCCCC(C(=O)OCC)n1ccc(CCc2ccccc2)cc1=O. The summed E-state index contributed by atoms with van der Waals surface area (Å²) in [5.41, 5.74) is 2.10. The summed E-state index contributed by atoms with van der Waals surface area (Å²) < 4.78 is 6.66. The molecule has 0 aliphatic heterocycles. The molecule has 0 saturated carbocycles. The summed E-state index contributed by atoms with van der Waals surface area (Å²) >= 11 is 0. The Labute approximate surface area is 149 Å². The van der Waals surface area contributed by atoms with Crippen LogP contribution in [0.5, 0.6) is 0 Å². The van der Waals surface area contributed by atoms with E-state index in [4.69, 9.17) is 4.74 Å². The Hall–Kier alpha value is -2.36. The predicted octanol–water partition coefficient (Wildman–Crippen LogP) is 3.93. The van der Waals surface area contributed by atoms with Crippen LogP contribution in [0.2, 0.25) is 0 Å². The predicted molar refractivity (Wildman–Crippen MR) is 99.7 cm³/mol. The molecule has 134 valence electrons. The summed E-state index contributed by atoms with van der Waals surface area (Å²) in [6, 6.07) is 13.2. The number of esters is 1. The van der Waals surface area contributed by atoms with E-state index in [0.29, 0.717) is 13.0 Å². The molecule has 1 heterocycles. The molecule has 4 nitrogen and oxygen atoms in total. The number of carbonyl (C=O) groups is 1. The minimum Gasteiger partial charge on any atom is -0.464 e. The Bertz CT molecular complexity index is 721. The second-order valence-corrected chi connectivity index (χ2v) is 6.18. The van der Waals surface area contributed by atoms with Gasteiger partial charge in [0.05, 0.1) is 6.61 Å². The lowest BCUT2D eigenvalue weighted by Crippen LogP contribution is -2.30. The van der Waals surface area contributed by atoms with Crippen molar-refractivity contribution in [2.45, 2.75) is 52.0 Å². The average molecular weight is 341 g/mol. The maximum absolute atomic E-state index is 12.5. The number of unbranched alkanes of at least 4 members (excludes halogenated alkanes) is 1. The van der Waals surface area contributed by atoms with E-state index in [2.05, 4.69) is 19.1 Å². The number of nitrogens with zero attached hydrogens (tertiary/aromatic N) is 1. The zero-order chi connectivity index (χ0) is 18.1. The van der Waals surface area contributed by atoms with Gasteiger partial charge in [-0.3, -0.25) is 4.79 Å². The molecule has 0 radical (unpaired) electrons. The first-order valence-electron chi connectivity index (χ1n) is 9.07. The van der Waals surface area contributed by atoms with Gasteiger partial charge in [0.15, 0.2) is 0 Å². The molecule has 0 spiro atoms. The van der Waals surface area contributed by atoms with Gasteiger partial charge in [-0.2, -0.15) is 0 Å². The first-order chi connectivity index (χ1) is 12.2. The average Bonchev–Trinajstić information content (AvgIpc) is 2.62. The van der Waals surface area contributed by atoms with Gasteiger partial charge in [0.25, 0.3) is 5.56 Å². The van der Waals surface area contributed by atoms with Crippen molar-refractivity contribution in [3.8, 4) is 0 Å². The summed E-state index contributed by atoms with van der Waals surface area (Å²) in [6.45, 7) is 4.17. The Morgan fingerprint density at radius 2 is 1.80 bits per heavy atom. The molecule has 2 aromatic rings. The van der Waals surface area contributed by atoms with Crippen molar-refractivity contribution >= 4 is 5.97 Å². The van der Waals surface area contributed by atoms with Crippen LogP contribution >= 0.6 is 0 Å². The number of rotatable bonds is 9. The highest BCUT2D eigenvalue weighted by atomic mass is 16.5. The Balaban J connectivity index is 2.12. The molecule has 0 amide bonds. The second kappa shape index (κ2) is 9.82. The molecule has 1 aromatic heterocycles. The van der Waals surface area contributed by atoms with E-state index >= 15 is 0 Å². The van der Waals surface area contributed by atoms with Gasteiger partial charge < -0.3 is 9.30 Å². The third kappa shape index (κ3) is 5.59. The monoisotopic (exact) mass is 341 g/mol. The highest BCUT2D eigenvalue weighted by Gasteiger charge is 2.22. The summed E-state index contributed by atoms with van der Waals surface area (Å²) in [6.07, 6.45) is 5.91. The van der Waals surface area contributed by atoms with Gasteiger partial charge in [-0.25, -0.2) is 4.79 Å². The maximum Gasteiger partial charge on any atom is 0.329 e. The number of aromatic nitrogens is 1. The highest BCUT2D eigenvalue weighted by Crippen LogP contribution is 2.16. The normalized spacial score (nSPS) is 11.9. The summed E-state index contributed by atoms with van der Waals surface area (Å²) in [5.74, 6) is -0.324. The number of hydrogen-bond donors (Lipinski definition) is 0. The highest BCUT2D eigenvalue weighted by molar-refractivity contribution is 5.74. The number of carbonyl (C=O) groups excluding carboxylic acids is 1. The minimum absolute atomic E-state index is 0.139. The fourth-order valence-corrected chi connectivity index (χ4v) is 2.88. The van der Waals surface area contributed by atoms with Crippen LogP contribution in [0.3, 0.4) is 0 Å². The number of hydrogen-bond acceptors (Lipinski definition) is 3. The lowest BCUT2D eigenvalue weighted by atomic mass is 10.0. The van der Waals surface area contributed by atoms with Gasteiger partial charge in [-0.1, -0.05) is 50.1 Å². The van der Waals surface area contributed by atoms with Gasteiger partial charge in [0.1, 0.15) is 6.04 Å². The third-order valence-electron chi connectivity index (χ3n) is 4.28. The number of benzene rings is 1. The van der Waals surface area contributed by atoms with E-state index in [1.54, 1.807) is 19.2 Å². The zero-order valence-corrected chi connectivity index (χ0v) is 15.1. The molecule has 0 bridgehead atoms. The van der Waals surface area contributed by atoms with E-state index in [9.17, 15) is 9.59 Å². The van der Waals surface area contributed by atoms with E-state index in [1.165, 1.54) is 10.1 Å². The largest absolute Gasteiger partial charge is 0.464 e. The number of pyridine rings is 1. The van der Waals surface area contributed by atoms with Gasteiger partial charge in [0, 0.05) is 12.3 Å². The standard InChI is InChI=1S/C21H27NO3/c1-3-5-11-19(21(24)25-4-2)22-15-14-18(16-20(22)23)13-12-17-9-7-6-8-10-17/h6-10,14-16,19H,3-5,11-13H2,1-2H3. The number of ether oxygens (including phenoxy) is 1. The summed E-state index contributed by atoms with van der Waals surface area (Å²) in [5, 5.41) is 0. The molecule has 1 unspecified atom stereocenters. The molecular formula is C21H27NO3. The van der Waals surface area contributed by atoms with Crippen molar-refractivity contribution < 1.29 is 9.53 Å². The Morgan fingerprint density at radius 1 is 1.08 bits per heavy atom. The topological polar surface area (TPSA) is 48.3 Å². The van der Waals surface area contributed by atoms with Gasteiger partial charge in [-0.15, -0.1) is 0 Å². The Morgan fingerprint density at radius 3 is 2.44 bits per heavy atom. The van der Waals surface area contributed by atoms with Crippen molar-refractivity contribution in [2.24, 2.45) is 0 Å². The van der Waals surface area contributed by atoms with Crippen LogP contribution < -0.4 is 5.56 Å². The zero-order valence-electron chi connectivity index (χ0n) is 15.1. The van der Waals surface area contributed by atoms with E-state index in [0.717, 1.165) is 31.2 Å². The Kier molecular flexibility index (Phi) is 7.45. The van der Waals surface area contributed by atoms with E-state index in [1.807, 2.05) is 24.3 Å². The van der Waals surface area contributed by atoms with Crippen LogP contribution in [0, 0.1) is 0 Å². The first kappa shape index (κ1) is 19.0. The fraction of sp³-hybridized carbons (Fsp3) is 0.429. The van der Waals surface area contributed by atoms with Crippen LogP contribution in [0.15, 0.2) is 53.5 Å². The van der Waals surface area contributed by atoms with Gasteiger partial charge >= 0.3 is 5.97 Å². The molecule has 0 fully saturated rings. The molecule has 4 heteroatoms. The molecule has 2 rings (SSSR count). The lowest BCUT2D eigenvalue weighted by molar-refractivity contribution is -0.147. The fourth-order valence-electron chi connectivity index (χ4n) is 2.88. The maximum atomic E-state index is 12.5. The third-order valence-corrected chi connectivity index (χ3v) is 4.28. The molecular weight excluding hydrogens is 314 g/mol. The molecule has 0 aliphatic carbocycles. The quantitative estimate of drug-likeness (QED) is 0.649. The van der Waals surface area contributed by atoms with Crippen molar-refractivity contribution in [2.75, 3.05) is 6.61 Å². The summed E-state index contributed by atoms with van der Waals surface area (Å²) in [7, 11) is 0. The van der Waals surface area contributed by atoms with Gasteiger partial charge in [-0.05, 0) is 43.4 Å². The smallest absolute Gasteiger partial charge is 0.329 e. The van der Waals surface area contributed by atoms with Crippen LogP contribution in [-0.2, 0) is 22.4 Å². The molecule has 1 atom stereocenters. The van der Waals surface area contributed by atoms with Crippen molar-refractivity contribution in [3.05, 3.63) is 70.1 Å². The van der Waals surface area contributed by atoms with Crippen molar-refractivity contribution in [3.63, 3.8) is 0 Å². The summed E-state index contributed by atoms with van der Waals surface area (Å²) in [4.78, 5) is 24.7. The van der Waals surface area contributed by atoms with Crippen molar-refractivity contribution in [1.82, 2.24) is 4.57 Å². The molecule has 0 saturated heterocycles. The van der Waals surface area contributed by atoms with Crippen molar-refractivity contribution in [1.29, 1.82) is 0 Å². The molecule has 25 heavy (non-hydrogen) atoms. The van der Waals surface area contributed by atoms with Crippen LogP contribution in [0.1, 0.15) is 50.3 Å². The molecule has 0 aliphatic rings. The van der Waals surface area contributed by atoms with Crippen LogP contribution in [0.4, 0.5) is 0 Å². The first-order valence-corrected chi connectivity index (χ1v) is 9.07. The molecule has 0 N–H and O–H groups in total. The van der Waals surface area contributed by atoms with E-state index < -0.39 is 6.04 Å². The second-order valence-electron chi connectivity index (χ2n) is 6.18. The van der Waals surface area contributed by atoms with E-state index in [-0.39, 0.29) is 11.5 Å². The lowest BCUT2D eigenvalue weighted by Gasteiger charge is -2.18.